The molecule has 0 radical (unpaired) electrons. The van der Waals surface area contributed by atoms with Gasteiger partial charge in [0.05, 0.1) is 44.8 Å². The average Bonchev–Trinajstić information content (AvgIpc) is 3.16. The maximum Gasteiger partial charge on any atom is 0.284 e. The Morgan fingerprint density at radius 3 is 2.48 bits per heavy atom. The molecule has 0 N–H and O–H groups in total. The van der Waals surface area contributed by atoms with Gasteiger partial charge in [0.1, 0.15) is 11.7 Å². The summed E-state index contributed by atoms with van der Waals surface area (Å²) in [6, 6.07) is 9.12. The fourth-order valence-corrected chi connectivity index (χ4v) is 5.67. The summed E-state index contributed by atoms with van der Waals surface area (Å²) < 4.78 is 44.1. The molecule has 1 aliphatic rings. The molecule has 0 atom stereocenters. The van der Waals surface area contributed by atoms with Gasteiger partial charge in [-0.05, 0) is 24.1 Å². The molecular formula is C22H26N4O6S. The van der Waals surface area contributed by atoms with Crippen molar-refractivity contribution in [1.82, 2.24) is 9.66 Å². The van der Waals surface area contributed by atoms with Crippen LogP contribution in [0.4, 0.5) is 5.69 Å². The van der Waals surface area contributed by atoms with Gasteiger partial charge in [-0.25, -0.2) is 13.1 Å². The molecule has 1 aromatic heterocycles. The molecule has 0 unspecified atom stereocenters. The number of hydrogen-bond acceptors (Lipinski definition) is 8. The van der Waals surface area contributed by atoms with E-state index in [1.807, 2.05) is 30.3 Å². The quantitative estimate of drug-likeness (QED) is 0.510. The number of rotatable bonds is 7. The first-order valence-electron chi connectivity index (χ1n) is 10.3. The number of anilines is 1. The van der Waals surface area contributed by atoms with Gasteiger partial charge in [0.2, 0.25) is 15.8 Å². The maximum atomic E-state index is 12.6. The SMILES string of the molecule is COc1cc2c(c(OC)c1OC)c(=O)ncn2N(C)Cc1cccc(N2CCCS2(=O)=O)c1. The largest absolute Gasteiger partial charge is 0.493 e. The number of sulfonamides is 1. The second kappa shape index (κ2) is 8.81. The Kier molecular flexibility index (Phi) is 6.07. The van der Waals surface area contributed by atoms with Crippen LogP contribution in [0.25, 0.3) is 10.9 Å². The van der Waals surface area contributed by atoms with Crippen molar-refractivity contribution in [1.29, 1.82) is 0 Å². The molecule has 3 aromatic rings. The molecule has 0 aliphatic carbocycles. The number of ether oxygens (including phenoxy) is 3. The van der Waals surface area contributed by atoms with Gasteiger partial charge in [0.25, 0.3) is 5.56 Å². The molecular weight excluding hydrogens is 448 g/mol. The molecule has 1 aliphatic heterocycles. The first-order chi connectivity index (χ1) is 15.8. The second-order valence-corrected chi connectivity index (χ2v) is 9.67. The summed E-state index contributed by atoms with van der Waals surface area (Å²) >= 11 is 0. The van der Waals surface area contributed by atoms with Crippen molar-refractivity contribution in [2.24, 2.45) is 0 Å². The van der Waals surface area contributed by atoms with Crippen molar-refractivity contribution >= 4 is 26.6 Å². The predicted octanol–water partition coefficient (Wildman–Crippen LogP) is 1.73. The lowest BCUT2D eigenvalue weighted by molar-refractivity contribution is 0.326. The molecule has 11 heteroatoms. The van der Waals surface area contributed by atoms with Gasteiger partial charge in [0.15, 0.2) is 11.5 Å². The molecule has 0 saturated carbocycles. The van der Waals surface area contributed by atoms with Gasteiger partial charge in [-0.2, -0.15) is 4.98 Å². The van der Waals surface area contributed by atoms with Crippen molar-refractivity contribution in [2.75, 3.05) is 50.0 Å². The molecule has 4 rings (SSSR count). The summed E-state index contributed by atoms with van der Waals surface area (Å²) in [7, 11) is 3.01. The van der Waals surface area contributed by atoms with Gasteiger partial charge in [-0.3, -0.25) is 9.10 Å². The van der Waals surface area contributed by atoms with E-state index in [2.05, 4.69) is 4.98 Å². The van der Waals surface area contributed by atoms with Crippen molar-refractivity contribution in [3.8, 4) is 17.2 Å². The third-order valence-corrected chi connectivity index (χ3v) is 7.50. The summed E-state index contributed by atoms with van der Waals surface area (Å²) in [5, 5.41) is 2.12. The molecule has 1 saturated heterocycles. The first kappa shape index (κ1) is 22.7. The summed E-state index contributed by atoms with van der Waals surface area (Å²) in [6.07, 6.45) is 2.06. The van der Waals surface area contributed by atoms with Crippen LogP contribution < -0.4 is 29.1 Å². The smallest absolute Gasteiger partial charge is 0.284 e. The normalized spacial score (nSPS) is 15.0. The minimum Gasteiger partial charge on any atom is -0.493 e. The first-order valence-corrected chi connectivity index (χ1v) is 11.9. The van der Waals surface area contributed by atoms with Gasteiger partial charge < -0.3 is 19.2 Å². The highest BCUT2D eigenvalue weighted by molar-refractivity contribution is 7.93. The molecule has 0 bridgehead atoms. The van der Waals surface area contributed by atoms with Crippen molar-refractivity contribution in [2.45, 2.75) is 13.0 Å². The van der Waals surface area contributed by atoms with Crippen molar-refractivity contribution in [3.05, 3.63) is 52.6 Å². The van der Waals surface area contributed by atoms with E-state index in [0.717, 1.165) is 5.56 Å². The van der Waals surface area contributed by atoms with Gasteiger partial charge >= 0.3 is 0 Å². The fraction of sp³-hybridized carbons (Fsp3) is 0.364. The highest BCUT2D eigenvalue weighted by Crippen LogP contribution is 2.41. The Hall–Kier alpha value is -3.47. The molecule has 33 heavy (non-hydrogen) atoms. The van der Waals surface area contributed by atoms with Gasteiger partial charge in [0, 0.05) is 19.7 Å². The second-order valence-electron chi connectivity index (χ2n) is 7.66. The number of hydrogen-bond donors (Lipinski definition) is 0. The molecule has 1 fully saturated rings. The van der Waals surface area contributed by atoms with Crippen LogP contribution in [0, 0.1) is 0 Å². The number of fused-ring (bicyclic) bond motifs is 1. The van der Waals surface area contributed by atoms with Crippen LogP contribution in [-0.4, -0.2) is 58.8 Å². The van der Waals surface area contributed by atoms with Gasteiger partial charge in [-0.15, -0.1) is 0 Å². The van der Waals surface area contributed by atoms with E-state index in [1.54, 1.807) is 16.8 Å². The summed E-state index contributed by atoms with van der Waals surface area (Å²) in [5.74, 6) is 1.13. The zero-order valence-corrected chi connectivity index (χ0v) is 19.8. The lowest BCUT2D eigenvalue weighted by atomic mass is 10.2. The molecule has 2 heterocycles. The zero-order chi connectivity index (χ0) is 23.8. The lowest BCUT2D eigenvalue weighted by Crippen LogP contribution is -2.32. The van der Waals surface area contributed by atoms with Crippen LogP contribution in [0.2, 0.25) is 0 Å². The van der Waals surface area contributed by atoms with Crippen molar-refractivity contribution in [3.63, 3.8) is 0 Å². The minimum atomic E-state index is -3.26. The fourth-order valence-electron chi connectivity index (χ4n) is 4.12. The predicted molar refractivity (Wildman–Crippen MR) is 126 cm³/mol. The third-order valence-electron chi connectivity index (χ3n) is 5.63. The summed E-state index contributed by atoms with van der Waals surface area (Å²) in [6.45, 7) is 0.912. The third kappa shape index (κ3) is 4.04. The molecule has 0 spiro atoms. The molecule has 176 valence electrons. The number of aromatic nitrogens is 2. The molecule has 0 amide bonds. The standard InChI is InChI=1S/C22H26N4O6S/c1-24(13-15-7-5-8-16(11-15)26-9-6-10-33(26,28)29)25-14-23-22(27)19-17(25)12-18(30-2)20(31-3)21(19)32-4/h5,7-8,11-12,14H,6,9-10,13H2,1-4H3. The summed E-state index contributed by atoms with van der Waals surface area (Å²) in [4.78, 5) is 16.6. The van der Waals surface area contributed by atoms with E-state index in [-0.39, 0.29) is 16.9 Å². The number of methoxy groups -OCH3 is 3. The Morgan fingerprint density at radius 2 is 1.85 bits per heavy atom. The van der Waals surface area contributed by atoms with Crippen LogP contribution >= 0.6 is 0 Å². The Morgan fingerprint density at radius 1 is 1.09 bits per heavy atom. The monoisotopic (exact) mass is 474 g/mol. The van der Waals surface area contributed by atoms with E-state index in [0.29, 0.717) is 42.2 Å². The van der Waals surface area contributed by atoms with E-state index in [4.69, 9.17) is 14.2 Å². The Bertz CT molecular complexity index is 1350. The van der Waals surface area contributed by atoms with E-state index in [1.165, 1.54) is 32.0 Å². The Balaban J connectivity index is 1.75. The topological polar surface area (TPSA) is 103 Å². The van der Waals surface area contributed by atoms with Crippen molar-refractivity contribution < 1.29 is 22.6 Å². The number of nitrogens with zero attached hydrogens (tertiary/aromatic N) is 4. The van der Waals surface area contributed by atoms with Crippen LogP contribution in [0.1, 0.15) is 12.0 Å². The van der Waals surface area contributed by atoms with Crippen LogP contribution in [0.3, 0.4) is 0 Å². The maximum absolute atomic E-state index is 12.6. The highest BCUT2D eigenvalue weighted by Gasteiger charge is 2.28. The van der Waals surface area contributed by atoms with E-state index < -0.39 is 15.6 Å². The minimum absolute atomic E-state index is 0.166. The van der Waals surface area contributed by atoms with E-state index >= 15 is 0 Å². The van der Waals surface area contributed by atoms with Crippen LogP contribution in [0.5, 0.6) is 17.2 Å². The van der Waals surface area contributed by atoms with Crippen LogP contribution in [-0.2, 0) is 16.6 Å². The Labute approximate surface area is 191 Å². The van der Waals surface area contributed by atoms with Crippen LogP contribution in [0.15, 0.2) is 41.5 Å². The van der Waals surface area contributed by atoms with E-state index in [9.17, 15) is 13.2 Å². The average molecular weight is 475 g/mol. The highest BCUT2D eigenvalue weighted by atomic mass is 32.2. The lowest BCUT2D eigenvalue weighted by Gasteiger charge is -2.25. The summed E-state index contributed by atoms with van der Waals surface area (Å²) in [5.41, 5.74) is 1.63. The zero-order valence-electron chi connectivity index (χ0n) is 18.9. The molecule has 2 aromatic carbocycles. The number of benzene rings is 2. The van der Waals surface area contributed by atoms with Gasteiger partial charge in [-0.1, -0.05) is 12.1 Å². The molecule has 10 nitrogen and oxygen atoms in total.